The molecule has 0 aliphatic rings. The molecule has 44 heavy (non-hydrogen) atoms. The first-order valence-electron chi connectivity index (χ1n) is 14.3. The minimum Gasteiger partial charge on any atom is -0.480 e. The second kappa shape index (κ2) is 19.8. The van der Waals surface area contributed by atoms with Crippen LogP contribution >= 0.6 is 0 Å². The Balaban J connectivity index is 5.07. The zero-order valence-electron chi connectivity index (χ0n) is 26.4. The van der Waals surface area contributed by atoms with Crippen LogP contribution in [-0.4, -0.2) is 103 Å². The van der Waals surface area contributed by atoms with Gasteiger partial charge in [0.15, 0.2) is 0 Å². The van der Waals surface area contributed by atoms with Crippen molar-refractivity contribution in [3.63, 3.8) is 0 Å². The first kappa shape index (κ1) is 39.7. The number of carbonyl (C=O) groups is 8. The lowest BCUT2D eigenvalue weighted by atomic mass is 9.99. The van der Waals surface area contributed by atoms with Crippen LogP contribution in [0.25, 0.3) is 0 Å². The summed E-state index contributed by atoms with van der Waals surface area (Å²) in [5, 5.41) is 25.6. The standard InChI is InChI=1S/C27H48N8O9/c1-13(2)8-17(25(42)31-12-21(39)40)33-20(38)11-29-19(37)10-30-26(43)22(14(3)4)35-27(44)23(15(5)6)34-24(41)16(7)32-18(36)9-28/h13-17,22-23H,8-12,28H2,1-7H3,(H,29,37)(H,30,43)(H,31,42)(H,32,36)(H,33,38)(H,34,41)(H,35,44)(H,39,40)/t16-,17-,22-,23-/m0/s1. The molecular formula is C27H48N8O9. The van der Waals surface area contributed by atoms with Crippen molar-refractivity contribution >= 4 is 47.3 Å². The molecule has 0 bridgehead atoms. The summed E-state index contributed by atoms with van der Waals surface area (Å²) in [6, 6.07) is -4.09. The fourth-order valence-corrected chi connectivity index (χ4v) is 3.71. The van der Waals surface area contributed by atoms with Crippen molar-refractivity contribution in [3.05, 3.63) is 0 Å². The fourth-order valence-electron chi connectivity index (χ4n) is 3.71. The number of rotatable bonds is 19. The maximum atomic E-state index is 13.0. The Kier molecular flexibility index (Phi) is 17.9. The molecule has 0 rings (SSSR count). The van der Waals surface area contributed by atoms with Gasteiger partial charge in [0.1, 0.15) is 30.7 Å². The zero-order chi connectivity index (χ0) is 34.1. The van der Waals surface area contributed by atoms with Gasteiger partial charge in [0.05, 0.1) is 19.6 Å². The number of amides is 7. The molecule has 17 nitrogen and oxygen atoms in total. The molecule has 7 amide bonds. The van der Waals surface area contributed by atoms with E-state index in [1.165, 1.54) is 6.92 Å². The molecule has 0 spiro atoms. The molecule has 0 heterocycles. The molecule has 0 aromatic carbocycles. The van der Waals surface area contributed by atoms with Gasteiger partial charge in [-0.25, -0.2) is 0 Å². The predicted molar refractivity (Wildman–Crippen MR) is 158 cm³/mol. The van der Waals surface area contributed by atoms with Gasteiger partial charge in [0.25, 0.3) is 0 Å². The van der Waals surface area contributed by atoms with Crippen LogP contribution in [-0.2, 0) is 38.4 Å². The maximum Gasteiger partial charge on any atom is 0.322 e. The Bertz CT molecular complexity index is 1050. The van der Waals surface area contributed by atoms with Gasteiger partial charge in [-0.3, -0.25) is 38.4 Å². The van der Waals surface area contributed by atoms with E-state index < -0.39 is 97.0 Å². The highest BCUT2D eigenvalue weighted by molar-refractivity contribution is 5.96. The molecule has 0 saturated heterocycles. The van der Waals surface area contributed by atoms with Crippen LogP contribution in [0.1, 0.15) is 54.9 Å². The highest BCUT2D eigenvalue weighted by Gasteiger charge is 2.31. The molecule has 17 heteroatoms. The lowest BCUT2D eigenvalue weighted by Crippen LogP contribution is -2.59. The average Bonchev–Trinajstić information content (AvgIpc) is 2.93. The quantitative estimate of drug-likeness (QED) is 0.0687. The number of hydrogen-bond acceptors (Lipinski definition) is 9. The Morgan fingerprint density at radius 2 is 1.07 bits per heavy atom. The lowest BCUT2D eigenvalue weighted by Gasteiger charge is -2.27. The summed E-state index contributed by atoms with van der Waals surface area (Å²) in [6.07, 6.45) is 0.231. The minimum absolute atomic E-state index is 0.00487. The monoisotopic (exact) mass is 628 g/mol. The van der Waals surface area contributed by atoms with Gasteiger partial charge in [-0.2, -0.15) is 0 Å². The van der Waals surface area contributed by atoms with Crippen molar-refractivity contribution in [2.24, 2.45) is 23.5 Å². The molecule has 0 fully saturated rings. The van der Waals surface area contributed by atoms with E-state index in [4.69, 9.17) is 10.8 Å². The maximum absolute atomic E-state index is 13.0. The lowest BCUT2D eigenvalue weighted by molar-refractivity contribution is -0.138. The minimum atomic E-state index is -1.24. The number of aliphatic carboxylic acids is 1. The summed E-state index contributed by atoms with van der Waals surface area (Å²) >= 11 is 0. The molecular weight excluding hydrogens is 580 g/mol. The van der Waals surface area contributed by atoms with Crippen molar-refractivity contribution < 1.29 is 43.5 Å². The summed E-state index contributed by atoms with van der Waals surface area (Å²) in [6.45, 7) is 9.80. The smallest absolute Gasteiger partial charge is 0.322 e. The van der Waals surface area contributed by atoms with Crippen LogP contribution in [0.5, 0.6) is 0 Å². The van der Waals surface area contributed by atoms with Crippen molar-refractivity contribution in [2.75, 3.05) is 26.2 Å². The first-order valence-corrected chi connectivity index (χ1v) is 14.3. The molecule has 0 aliphatic carbocycles. The van der Waals surface area contributed by atoms with Crippen LogP contribution in [0.4, 0.5) is 0 Å². The van der Waals surface area contributed by atoms with Crippen molar-refractivity contribution in [1.82, 2.24) is 37.2 Å². The Morgan fingerprint density at radius 1 is 0.568 bits per heavy atom. The van der Waals surface area contributed by atoms with Gasteiger partial charge in [-0.15, -0.1) is 0 Å². The normalized spacial score (nSPS) is 13.6. The summed E-state index contributed by atoms with van der Waals surface area (Å²) in [5.74, 6) is -6.65. The van der Waals surface area contributed by atoms with E-state index in [2.05, 4.69) is 37.2 Å². The Labute approximate surface area is 257 Å². The van der Waals surface area contributed by atoms with E-state index in [9.17, 15) is 38.4 Å². The molecule has 0 aliphatic heterocycles. The van der Waals surface area contributed by atoms with E-state index in [1.807, 2.05) is 13.8 Å². The molecule has 10 N–H and O–H groups in total. The molecule has 4 atom stereocenters. The Morgan fingerprint density at radius 3 is 1.57 bits per heavy atom. The van der Waals surface area contributed by atoms with Gasteiger partial charge in [-0.1, -0.05) is 41.5 Å². The van der Waals surface area contributed by atoms with E-state index >= 15 is 0 Å². The highest BCUT2D eigenvalue weighted by atomic mass is 16.4. The third kappa shape index (κ3) is 15.8. The van der Waals surface area contributed by atoms with Gasteiger partial charge in [-0.05, 0) is 31.1 Å². The second-order valence-corrected chi connectivity index (χ2v) is 11.3. The van der Waals surface area contributed by atoms with Crippen molar-refractivity contribution in [1.29, 1.82) is 0 Å². The molecule has 0 radical (unpaired) electrons. The van der Waals surface area contributed by atoms with Gasteiger partial charge < -0.3 is 48.1 Å². The summed E-state index contributed by atoms with van der Waals surface area (Å²) < 4.78 is 0. The van der Waals surface area contributed by atoms with Crippen molar-refractivity contribution in [3.8, 4) is 0 Å². The molecule has 0 aromatic rings. The van der Waals surface area contributed by atoms with Crippen molar-refractivity contribution in [2.45, 2.75) is 79.1 Å². The van der Waals surface area contributed by atoms with Gasteiger partial charge in [0, 0.05) is 0 Å². The van der Waals surface area contributed by atoms with Crippen LogP contribution < -0.4 is 43.0 Å². The van der Waals surface area contributed by atoms with E-state index in [-0.39, 0.29) is 24.8 Å². The van der Waals surface area contributed by atoms with Gasteiger partial charge >= 0.3 is 5.97 Å². The zero-order valence-corrected chi connectivity index (χ0v) is 26.4. The number of hydrogen-bond donors (Lipinski definition) is 9. The number of nitrogens with one attached hydrogen (secondary N) is 7. The van der Waals surface area contributed by atoms with Crippen LogP contribution in [0.3, 0.4) is 0 Å². The fraction of sp³-hybridized carbons (Fsp3) is 0.704. The molecule has 0 aromatic heterocycles. The largest absolute Gasteiger partial charge is 0.480 e. The Hall–Kier alpha value is -4.28. The predicted octanol–water partition coefficient (Wildman–Crippen LogP) is -3.30. The third-order valence-corrected chi connectivity index (χ3v) is 6.09. The molecule has 0 unspecified atom stereocenters. The van der Waals surface area contributed by atoms with E-state index in [1.54, 1.807) is 27.7 Å². The molecule has 250 valence electrons. The highest BCUT2D eigenvalue weighted by Crippen LogP contribution is 2.07. The second-order valence-electron chi connectivity index (χ2n) is 11.3. The SMILES string of the molecule is CC(C)C[C@H](NC(=O)CNC(=O)CNC(=O)[C@@H](NC(=O)[C@@H](NC(=O)[C@H](C)NC(=O)CN)C(C)C)C(C)C)C(=O)NCC(=O)O. The number of carboxylic acids is 1. The topological polar surface area (TPSA) is 267 Å². The van der Waals surface area contributed by atoms with E-state index in [0.717, 1.165) is 0 Å². The number of carbonyl (C=O) groups excluding carboxylic acids is 7. The van der Waals surface area contributed by atoms with Gasteiger partial charge in [0.2, 0.25) is 41.4 Å². The summed E-state index contributed by atoms with van der Waals surface area (Å²) in [4.78, 5) is 97.5. The number of nitrogens with two attached hydrogens (primary N) is 1. The first-order chi connectivity index (χ1) is 20.4. The third-order valence-electron chi connectivity index (χ3n) is 6.09. The molecule has 0 saturated carbocycles. The summed E-state index contributed by atoms with van der Waals surface area (Å²) in [5.41, 5.74) is 5.24. The number of carboxylic acid groups (broad SMARTS) is 1. The van der Waals surface area contributed by atoms with E-state index in [0.29, 0.717) is 0 Å². The summed E-state index contributed by atoms with van der Waals surface area (Å²) in [7, 11) is 0. The average molecular weight is 629 g/mol. The van der Waals surface area contributed by atoms with Crippen LogP contribution in [0.15, 0.2) is 0 Å². The van der Waals surface area contributed by atoms with Crippen LogP contribution in [0, 0.1) is 17.8 Å². The van der Waals surface area contributed by atoms with Crippen LogP contribution in [0.2, 0.25) is 0 Å².